The third kappa shape index (κ3) is 4.28. The van der Waals surface area contributed by atoms with Crippen molar-refractivity contribution in [1.82, 2.24) is 4.72 Å². The Morgan fingerprint density at radius 1 is 1.43 bits per heavy atom. The maximum absolute atomic E-state index is 12.1. The molecule has 21 heavy (non-hydrogen) atoms. The molecule has 7 heteroatoms. The standard InChI is InChI=1S/C14H18N2O4S/c1-9(2)13(14(17)18)8-16-21(19,20)12-5-4-11(7-15)10(3)6-12/h4-6,9,13,16H,8H2,1-3H3,(H,17,18). The number of benzene rings is 1. The van der Waals surface area contributed by atoms with E-state index in [0.29, 0.717) is 11.1 Å². The average Bonchev–Trinajstić information content (AvgIpc) is 2.37. The second kappa shape index (κ2) is 6.70. The van der Waals surface area contributed by atoms with Gasteiger partial charge in [-0.15, -0.1) is 0 Å². The first kappa shape index (κ1) is 17.1. The highest BCUT2D eigenvalue weighted by atomic mass is 32.2. The summed E-state index contributed by atoms with van der Waals surface area (Å²) in [5.41, 5.74) is 0.957. The van der Waals surface area contributed by atoms with E-state index in [1.54, 1.807) is 20.8 Å². The van der Waals surface area contributed by atoms with Crippen LogP contribution in [-0.2, 0) is 14.8 Å². The number of rotatable bonds is 6. The van der Waals surface area contributed by atoms with Gasteiger partial charge in [-0.25, -0.2) is 13.1 Å². The van der Waals surface area contributed by atoms with Crippen LogP contribution in [0.4, 0.5) is 0 Å². The van der Waals surface area contributed by atoms with Gasteiger partial charge in [0.2, 0.25) is 10.0 Å². The van der Waals surface area contributed by atoms with E-state index in [1.165, 1.54) is 18.2 Å². The van der Waals surface area contributed by atoms with Crippen molar-refractivity contribution < 1.29 is 18.3 Å². The molecule has 0 radical (unpaired) electrons. The molecule has 0 saturated heterocycles. The van der Waals surface area contributed by atoms with Gasteiger partial charge in [0.15, 0.2) is 0 Å². The molecule has 0 aliphatic rings. The first-order valence-corrected chi connectivity index (χ1v) is 7.90. The van der Waals surface area contributed by atoms with Gasteiger partial charge in [-0.2, -0.15) is 5.26 Å². The van der Waals surface area contributed by atoms with Crippen molar-refractivity contribution in [3.63, 3.8) is 0 Å². The van der Waals surface area contributed by atoms with Crippen molar-refractivity contribution in [3.05, 3.63) is 29.3 Å². The van der Waals surface area contributed by atoms with Crippen LogP contribution in [0.5, 0.6) is 0 Å². The average molecular weight is 310 g/mol. The van der Waals surface area contributed by atoms with E-state index in [9.17, 15) is 13.2 Å². The predicted molar refractivity (Wildman–Crippen MR) is 77.0 cm³/mol. The highest BCUT2D eigenvalue weighted by Gasteiger charge is 2.24. The quantitative estimate of drug-likeness (QED) is 0.828. The van der Waals surface area contributed by atoms with Crippen molar-refractivity contribution >= 4 is 16.0 Å². The van der Waals surface area contributed by atoms with E-state index >= 15 is 0 Å². The van der Waals surface area contributed by atoms with Gasteiger partial charge < -0.3 is 5.11 Å². The normalized spacial score (nSPS) is 12.9. The fraction of sp³-hybridized carbons (Fsp3) is 0.429. The molecule has 1 rings (SSSR count). The molecule has 0 aliphatic carbocycles. The predicted octanol–water partition coefficient (Wildman–Crippen LogP) is 1.50. The van der Waals surface area contributed by atoms with Crippen LogP contribution in [0.3, 0.4) is 0 Å². The van der Waals surface area contributed by atoms with Gasteiger partial charge in [0.05, 0.1) is 22.4 Å². The van der Waals surface area contributed by atoms with Crippen LogP contribution in [0.1, 0.15) is 25.0 Å². The van der Waals surface area contributed by atoms with Crippen LogP contribution >= 0.6 is 0 Å². The van der Waals surface area contributed by atoms with Gasteiger partial charge in [0.1, 0.15) is 0 Å². The number of nitrogens with one attached hydrogen (secondary N) is 1. The molecule has 0 spiro atoms. The lowest BCUT2D eigenvalue weighted by Crippen LogP contribution is -2.35. The molecule has 0 bridgehead atoms. The van der Waals surface area contributed by atoms with Crippen LogP contribution in [0.25, 0.3) is 0 Å². The van der Waals surface area contributed by atoms with E-state index in [4.69, 9.17) is 10.4 Å². The molecule has 2 N–H and O–H groups in total. The molecule has 0 saturated carbocycles. The Kier molecular flexibility index (Phi) is 5.47. The summed E-state index contributed by atoms with van der Waals surface area (Å²) >= 11 is 0. The zero-order valence-electron chi connectivity index (χ0n) is 12.1. The molecule has 6 nitrogen and oxygen atoms in total. The highest BCUT2D eigenvalue weighted by Crippen LogP contribution is 2.16. The van der Waals surface area contributed by atoms with Gasteiger partial charge >= 0.3 is 5.97 Å². The summed E-state index contributed by atoms with van der Waals surface area (Å²) in [5, 5.41) is 17.9. The van der Waals surface area contributed by atoms with Gasteiger partial charge in [0, 0.05) is 6.54 Å². The second-order valence-electron chi connectivity index (χ2n) is 5.13. The summed E-state index contributed by atoms with van der Waals surface area (Å²) in [5.74, 6) is -2.02. The zero-order valence-corrected chi connectivity index (χ0v) is 12.9. The third-order valence-corrected chi connectivity index (χ3v) is 4.67. The first-order valence-electron chi connectivity index (χ1n) is 6.42. The molecule has 0 heterocycles. The second-order valence-corrected chi connectivity index (χ2v) is 6.90. The summed E-state index contributed by atoms with van der Waals surface area (Å²) in [7, 11) is -3.79. The van der Waals surface area contributed by atoms with Crippen LogP contribution in [0.15, 0.2) is 23.1 Å². The Morgan fingerprint density at radius 3 is 2.48 bits per heavy atom. The maximum Gasteiger partial charge on any atom is 0.308 e. The summed E-state index contributed by atoms with van der Waals surface area (Å²) in [6, 6.07) is 6.12. The maximum atomic E-state index is 12.1. The summed E-state index contributed by atoms with van der Waals surface area (Å²) in [6.45, 7) is 4.91. The Hall–Kier alpha value is -1.91. The number of carboxylic acids is 1. The van der Waals surface area contributed by atoms with Crippen molar-refractivity contribution in [2.24, 2.45) is 11.8 Å². The smallest absolute Gasteiger partial charge is 0.308 e. The van der Waals surface area contributed by atoms with Gasteiger partial charge in [-0.1, -0.05) is 13.8 Å². The molecular weight excluding hydrogens is 292 g/mol. The van der Waals surface area contributed by atoms with Crippen molar-refractivity contribution in [2.45, 2.75) is 25.7 Å². The van der Waals surface area contributed by atoms with Gasteiger partial charge in [-0.3, -0.25) is 4.79 Å². The lowest BCUT2D eigenvalue weighted by molar-refractivity contribution is -0.142. The Labute approximate surface area is 124 Å². The zero-order chi connectivity index (χ0) is 16.2. The number of carboxylic acid groups (broad SMARTS) is 1. The molecule has 1 aromatic carbocycles. The first-order chi connectivity index (χ1) is 9.69. The van der Waals surface area contributed by atoms with E-state index in [0.717, 1.165) is 0 Å². The van der Waals surface area contributed by atoms with Crippen molar-refractivity contribution in [1.29, 1.82) is 5.26 Å². The van der Waals surface area contributed by atoms with Gasteiger partial charge in [0.25, 0.3) is 0 Å². The molecular formula is C14H18N2O4S. The lowest BCUT2D eigenvalue weighted by atomic mass is 9.97. The van der Waals surface area contributed by atoms with Crippen molar-refractivity contribution in [2.75, 3.05) is 6.54 Å². The largest absolute Gasteiger partial charge is 0.481 e. The third-order valence-electron chi connectivity index (χ3n) is 3.24. The molecule has 0 amide bonds. The number of aliphatic carboxylic acids is 1. The van der Waals surface area contributed by atoms with Crippen LogP contribution in [0, 0.1) is 30.1 Å². The monoisotopic (exact) mass is 310 g/mol. The molecule has 1 aromatic rings. The lowest BCUT2D eigenvalue weighted by Gasteiger charge is -2.17. The molecule has 1 unspecified atom stereocenters. The summed E-state index contributed by atoms with van der Waals surface area (Å²) < 4.78 is 26.6. The topological polar surface area (TPSA) is 107 Å². The van der Waals surface area contributed by atoms with E-state index < -0.39 is 21.9 Å². The minimum Gasteiger partial charge on any atom is -0.481 e. The van der Waals surface area contributed by atoms with Gasteiger partial charge in [-0.05, 0) is 36.6 Å². The number of hydrogen-bond donors (Lipinski definition) is 2. The van der Waals surface area contributed by atoms with E-state index in [-0.39, 0.29) is 17.4 Å². The minimum atomic E-state index is -3.79. The minimum absolute atomic E-state index is 0.0203. The fourth-order valence-corrected chi connectivity index (χ4v) is 2.96. The SMILES string of the molecule is Cc1cc(S(=O)(=O)NCC(C(=O)O)C(C)C)ccc1C#N. The Bertz CT molecular complexity index is 675. The Morgan fingerprint density at radius 2 is 2.05 bits per heavy atom. The molecule has 1 atom stereocenters. The highest BCUT2D eigenvalue weighted by molar-refractivity contribution is 7.89. The number of nitrogens with zero attached hydrogens (tertiary/aromatic N) is 1. The number of sulfonamides is 1. The molecule has 0 aliphatic heterocycles. The van der Waals surface area contributed by atoms with Crippen LogP contribution in [-0.4, -0.2) is 26.0 Å². The van der Waals surface area contributed by atoms with E-state index in [2.05, 4.69) is 4.72 Å². The molecule has 114 valence electrons. The number of hydrogen-bond acceptors (Lipinski definition) is 4. The van der Waals surface area contributed by atoms with E-state index in [1.807, 2.05) is 6.07 Å². The number of carbonyl (C=O) groups is 1. The van der Waals surface area contributed by atoms with Crippen LogP contribution < -0.4 is 4.72 Å². The fourth-order valence-electron chi connectivity index (χ4n) is 1.82. The molecule has 0 fully saturated rings. The van der Waals surface area contributed by atoms with Crippen LogP contribution in [0.2, 0.25) is 0 Å². The number of aryl methyl sites for hydroxylation is 1. The summed E-state index contributed by atoms with van der Waals surface area (Å²) in [4.78, 5) is 11.1. The molecule has 0 aromatic heterocycles. The van der Waals surface area contributed by atoms with Crippen molar-refractivity contribution in [3.8, 4) is 6.07 Å². The Balaban J connectivity index is 2.95. The summed E-state index contributed by atoms with van der Waals surface area (Å²) in [6.07, 6.45) is 0. The number of nitriles is 1.